The molecule has 1 amide bonds. The number of hydrogen-bond acceptors (Lipinski definition) is 3. The Labute approximate surface area is 112 Å². The Morgan fingerprint density at radius 1 is 1.44 bits per heavy atom. The van der Waals surface area contributed by atoms with Gasteiger partial charge in [0.05, 0.1) is 4.90 Å². The molecule has 0 unspecified atom stereocenters. The molecule has 0 radical (unpaired) electrons. The molecule has 0 aromatic heterocycles. The molecular weight excluding hydrogens is 276 g/mol. The van der Waals surface area contributed by atoms with E-state index in [9.17, 15) is 13.2 Å². The minimum Gasteiger partial charge on any atom is -0.342 e. The van der Waals surface area contributed by atoms with Crippen LogP contribution >= 0.6 is 11.6 Å². The molecule has 18 heavy (non-hydrogen) atoms. The highest BCUT2D eigenvalue weighted by Gasteiger charge is 2.19. The van der Waals surface area contributed by atoms with Crippen molar-refractivity contribution in [2.75, 3.05) is 13.6 Å². The minimum atomic E-state index is -3.90. The summed E-state index contributed by atoms with van der Waals surface area (Å²) in [6.45, 7) is 3.86. The maximum absolute atomic E-state index is 12.0. The monoisotopic (exact) mass is 290 g/mol. The van der Waals surface area contributed by atoms with Gasteiger partial charge in [0.25, 0.3) is 5.91 Å². The van der Waals surface area contributed by atoms with Crippen LogP contribution in [0.4, 0.5) is 0 Å². The molecule has 0 aliphatic rings. The maximum atomic E-state index is 12.0. The van der Waals surface area contributed by atoms with Crippen LogP contribution in [0.15, 0.2) is 17.0 Å². The molecule has 0 spiro atoms. The smallest absolute Gasteiger partial charge is 0.253 e. The largest absolute Gasteiger partial charge is 0.342 e. The lowest BCUT2D eigenvalue weighted by Crippen LogP contribution is -2.26. The number of halogens is 1. The van der Waals surface area contributed by atoms with Gasteiger partial charge in [0.2, 0.25) is 10.0 Å². The first-order chi connectivity index (χ1) is 8.18. The summed E-state index contributed by atoms with van der Waals surface area (Å²) in [6, 6.07) is 2.70. The van der Waals surface area contributed by atoms with Crippen molar-refractivity contribution in [3.63, 3.8) is 0 Å². The molecule has 0 fully saturated rings. The van der Waals surface area contributed by atoms with E-state index in [4.69, 9.17) is 16.7 Å². The first kappa shape index (κ1) is 14.9. The Morgan fingerprint density at radius 3 is 2.44 bits per heavy atom. The van der Waals surface area contributed by atoms with Crippen molar-refractivity contribution in [2.24, 2.45) is 5.14 Å². The van der Waals surface area contributed by atoms with Gasteiger partial charge in [-0.2, -0.15) is 0 Å². The third-order valence-corrected chi connectivity index (χ3v) is 4.10. The van der Waals surface area contributed by atoms with Gasteiger partial charge in [-0.25, -0.2) is 13.6 Å². The number of sulfonamides is 1. The topological polar surface area (TPSA) is 80.5 Å². The van der Waals surface area contributed by atoms with Gasteiger partial charge in [-0.15, -0.1) is 0 Å². The molecule has 0 saturated carbocycles. The van der Waals surface area contributed by atoms with Crippen molar-refractivity contribution in [1.29, 1.82) is 0 Å². The van der Waals surface area contributed by atoms with Gasteiger partial charge in [-0.3, -0.25) is 4.79 Å². The lowest BCUT2D eigenvalue weighted by Gasteiger charge is -2.16. The highest BCUT2D eigenvalue weighted by Crippen LogP contribution is 2.25. The molecule has 0 saturated heterocycles. The van der Waals surface area contributed by atoms with Crippen LogP contribution in [0.3, 0.4) is 0 Å². The zero-order chi connectivity index (χ0) is 14.1. The second kappa shape index (κ2) is 5.26. The Morgan fingerprint density at radius 2 is 2.00 bits per heavy atom. The molecule has 1 rings (SSSR count). The van der Waals surface area contributed by atoms with Gasteiger partial charge in [-0.05, 0) is 31.5 Å². The first-order valence-electron chi connectivity index (χ1n) is 5.27. The zero-order valence-electron chi connectivity index (χ0n) is 10.4. The van der Waals surface area contributed by atoms with Crippen molar-refractivity contribution in [1.82, 2.24) is 4.90 Å². The molecule has 0 bridgehead atoms. The fourth-order valence-electron chi connectivity index (χ4n) is 1.44. The summed E-state index contributed by atoms with van der Waals surface area (Å²) in [6.07, 6.45) is 0. The van der Waals surface area contributed by atoms with E-state index in [1.807, 2.05) is 6.92 Å². The van der Waals surface area contributed by atoms with Gasteiger partial charge in [0.15, 0.2) is 0 Å². The maximum Gasteiger partial charge on any atom is 0.253 e. The van der Waals surface area contributed by atoms with E-state index in [1.165, 1.54) is 17.0 Å². The quantitative estimate of drug-likeness (QED) is 0.913. The molecule has 0 atom stereocenters. The van der Waals surface area contributed by atoms with Crippen LogP contribution in [0.2, 0.25) is 5.02 Å². The van der Waals surface area contributed by atoms with Gasteiger partial charge >= 0.3 is 0 Å². The minimum absolute atomic E-state index is 0.122. The molecule has 0 aliphatic carbocycles. The van der Waals surface area contributed by atoms with Gasteiger partial charge < -0.3 is 4.90 Å². The van der Waals surface area contributed by atoms with Crippen molar-refractivity contribution in [3.8, 4) is 0 Å². The number of carbonyl (C=O) groups is 1. The highest BCUT2D eigenvalue weighted by molar-refractivity contribution is 7.89. The summed E-state index contributed by atoms with van der Waals surface area (Å²) in [5, 5.41) is 5.30. The predicted molar refractivity (Wildman–Crippen MR) is 70.2 cm³/mol. The van der Waals surface area contributed by atoms with E-state index < -0.39 is 10.0 Å². The number of nitrogens with two attached hydrogens (primary N) is 1. The number of benzene rings is 1. The number of nitrogens with zero attached hydrogens (tertiary/aromatic N) is 1. The summed E-state index contributed by atoms with van der Waals surface area (Å²) < 4.78 is 22.8. The van der Waals surface area contributed by atoms with E-state index >= 15 is 0 Å². The van der Waals surface area contributed by atoms with Crippen molar-refractivity contribution < 1.29 is 13.2 Å². The highest BCUT2D eigenvalue weighted by atomic mass is 35.5. The van der Waals surface area contributed by atoms with Crippen LogP contribution in [0.5, 0.6) is 0 Å². The Kier molecular flexibility index (Phi) is 4.37. The summed E-state index contributed by atoms with van der Waals surface area (Å²) >= 11 is 5.93. The second-order valence-electron chi connectivity index (χ2n) is 3.95. The van der Waals surface area contributed by atoms with E-state index in [-0.39, 0.29) is 21.4 Å². The molecule has 2 N–H and O–H groups in total. The SMILES string of the molecule is CCN(C)C(=O)c1cc(Cl)c(C)c(S(N)(=O)=O)c1. The average Bonchev–Trinajstić information content (AvgIpc) is 2.28. The van der Waals surface area contributed by atoms with Crippen LogP contribution in [-0.2, 0) is 10.0 Å². The fraction of sp³-hybridized carbons (Fsp3) is 0.364. The molecule has 0 aliphatic heterocycles. The summed E-state index contributed by atoms with van der Waals surface area (Å²) in [5.74, 6) is -0.302. The van der Waals surface area contributed by atoms with Crippen LogP contribution in [0.25, 0.3) is 0 Å². The van der Waals surface area contributed by atoms with Gasteiger partial charge in [0, 0.05) is 24.2 Å². The van der Waals surface area contributed by atoms with Gasteiger partial charge in [-0.1, -0.05) is 11.6 Å². The van der Waals surface area contributed by atoms with Crippen LogP contribution in [0.1, 0.15) is 22.8 Å². The molecule has 7 heteroatoms. The lowest BCUT2D eigenvalue weighted by atomic mass is 10.1. The second-order valence-corrected chi connectivity index (χ2v) is 5.88. The molecule has 1 aromatic rings. The molecular formula is C11H15ClN2O3S. The van der Waals surface area contributed by atoms with E-state index in [0.29, 0.717) is 12.1 Å². The third-order valence-electron chi connectivity index (χ3n) is 2.67. The van der Waals surface area contributed by atoms with E-state index in [1.54, 1.807) is 14.0 Å². The van der Waals surface area contributed by atoms with Crippen molar-refractivity contribution in [2.45, 2.75) is 18.7 Å². The zero-order valence-corrected chi connectivity index (χ0v) is 12.0. The number of primary sulfonamides is 1. The Balaban J connectivity index is 3.43. The first-order valence-corrected chi connectivity index (χ1v) is 7.19. The van der Waals surface area contributed by atoms with E-state index in [0.717, 1.165) is 0 Å². The van der Waals surface area contributed by atoms with Crippen LogP contribution < -0.4 is 5.14 Å². The summed E-state index contributed by atoms with van der Waals surface area (Å²) in [7, 11) is -2.28. The Hall–Kier alpha value is -1.11. The molecule has 5 nitrogen and oxygen atoms in total. The molecule has 1 aromatic carbocycles. The number of hydrogen-bond donors (Lipinski definition) is 1. The average molecular weight is 291 g/mol. The Bertz CT molecular complexity index is 584. The standard InChI is InChI=1S/C11H15ClN2O3S/c1-4-14(3)11(15)8-5-9(12)7(2)10(6-8)18(13,16)17/h5-6H,4H2,1-3H3,(H2,13,16,17). The van der Waals surface area contributed by atoms with E-state index in [2.05, 4.69) is 0 Å². The molecule has 0 heterocycles. The van der Waals surface area contributed by atoms with Crippen molar-refractivity contribution in [3.05, 3.63) is 28.3 Å². The summed E-state index contributed by atoms with van der Waals surface area (Å²) in [4.78, 5) is 13.3. The van der Waals surface area contributed by atoms with Crippen LogP contribution in [-0.4, -0.2) is 32.8 Å². The fourth-order valence-corrected chi connectivity index (χ4v) is 2.54. The van der Waals surface area contributed by atoms with Crippen LogP contribution in [0, 0.1) is 6.92 Å². The summed E-state index contributed by atoms with van der Waals surface area (Å²) in [5.41, 5.74) is 0.550. The molecule has 100 valence electrons. The van der Waals surface area contributed by atoms with Crippen molar-refractivity contribution >= 4 is 27.5 Å². The number of carbonyl (C=O) groups excluding carboxylic acids is 1. The lowest BCUT2D eigenvalue weighted by molar-refractivity contribution is 0.0802. The van der Waals surface area contributed by atoms with Gasteiger partial charge in [0.1, 0.15) is 0 Å². The predicted octanol–water partition coefficient (Wildman–Crippen LogP) is 1.39. The third kappa shape index (κ3) is 3.01. The normalized spacial score (nSPS) is 11.4. The number of rotatable bonds is 3. The number of amides is 1.